The second-order valence-corrected chi connectivity index (χ2v) is 5.38. The highest BCUT2D eigenvalue weighted by atomic mass is 15.2. The Labute approximate surface area is 108 Å². The van der Waals surface area contributed by atoms with Gasteiger partial charge in [-0.3, -0.25) is 0 Å². The van der Waals surface area contributed by atoms with Gasteiger partial charge in [0.2, 0.25) is 0 Å². The number of unbranched alkanes of at least 4 members (excludes halogenated alkanes) is 3. The first kappa shape index (κ1) is 16.3. The maximum atomic E-state index is 4.23. The molecule has 0 amide bonds. The molecule has 0 saturated carbocycles. The molecule has 0 aromatic rings. The monoisotopic (exact) mass is 238 g/mol. The number of hydrogen-bond donors (Lipinski definition) is 0. The van der Waals surface area contributed by atoms with Crippen LogP contribution in [0, 0.1) is 11.8 Å². The highest BCUT2D eigenvalue weighted by Gasteiger charge is 2.00. The molecule has 0 fully saturated rings. The summed E-state index contributed by atoms with van der Waals surface area (Å²) in [5, 5.41) is 8.36. The van der Waals surface area contributed by atoms with Crippen molar-refractivity contribution in [2.45, 2.75) is 73.1 Å². The van der Waals surface area contributed by atoms with Crippen molar-refractivity contribution in [1.82, 2.24) is 0 Å². The van der Waals surface area contributed by atoms with Gasteiger partial charge in [0.05, 0.1) is 0 Å². The third-order valence-corrected chi connectivity index (χ3v) is 3.24. The minimum Gasteiger partial charge on any atom is -0.164 e. The van der Waals surface area contributed by atoms with Gasteiger partial charge in [-0.15, -0.1) is 0 Å². The minimum atomic E-state index is 0.554. The van der Waals surface area contributed by atoms with Crippen LogP contribution in [-0.4, -0.2) is 11.9 Å². The third-order valence-electron chi connectivity index (χ3n) is 3.24. The van der Waals surface area contributed by atoms with Crippen molar-refractivity contribution in [2.75, 3.05) is 0 Å². The lowest BCUT2D eigenvalue weighted by Crippen LogP contribution is -2.04. The molecule has 0 aliphatic rings. The summed E-state index contributed by atoms with van der Waals surface area (Å²) < 4.78 is 0. The topological polar surface area (TPSA) is 24.7 Å². The molecule has 100 valence electrons. The zero-order valence-corrected chi connectivity index (χ0v) is 12.4. The van der Waals surface area contributed by atoms with Crippen LogP contribution in [0.5, 0.6) is 0 Å². The highest BCUT2D eigenvalue weighted by molar-refractivity contribution is 5.84. The Bertz CT molecular complexity index is 229. The Balaban J connectivity index is 3.54. The molecule has 0 spiro atoms. The largest absolute Gasteiger partial charge is 0.164 e. The van der Waals surface area contributed by atoms with E-state index in [0.29, 0.717) is 5.92 Å². The summed E-state index contributed by atoms with van der Waals surface area (Å²) in [6.45, 7) is 11.0. The maximum Gasteiger partial charge on any atom is 0.0402 e. The van der Waals surface area contributed by atoms with Gasteiger partial charge in [-0.05, 0) is 38.0 Å². The average molecular weight is 238 g/mol. The van der Waals surface area contributed by atoms with Crippen molar-refractivity contribution in [3.63, 3.8) is 0 Å². The van der Waals surface area contributed by atoms with Crippen LogP contribution < -0.4 is 0 Å². The van der Waals surface area contributed by atoms with Crippen LogP contribution in [0.25, 0.3) is 0 Å². The summed E-state index contributed by atoms with van der Waals surface area (Å²) in [7, 11) is 0. The van der Waals surface area contributed by atoms with E-state index in [1.165, 1.54) is 25.7 Å². The lowest BCUT2D eigenvalue weighted by Gasteiger charge is -2.04. The Morgan fingerprint density at radius 2 is 1.82 bits per heavy atom. The van der Waals surface area contributed by atoms with Gasteiger partial charge in [0, 0.05) is 11.9 Å². The summed E-state index contributed by atoms with van der Waals surface area (Å²) in [5.41, 5.74) is 1.14. The molecule has 0 aliphatic carbocycles. The molecule has 2 heteroatoms. The van der Waals surface area contributed by atoms with Crippen molar-refractivity contribution >= 4 is 11.9 Å². The summed E-state index contributed by atoms with van der Waals surface area (Å²) in [4.78, 5) is 0. The van der Waals surface area contributed by atoms with Gasteiger partial charge in [0.15, 0.2) is 0 Å². The normalized spacial score (nSPS) is 14.8. The molecular formula is C15H30N2. The highest BCUT2D eigenvalue weighted by Crippen LogP contribution is 2.08. The Morgan fingerprint density at radius 3 is 2.41 bits per heavy atom. The smallest absolute Gasteiger partial charge is 0.0402 e. The Kier molecular flexibility index (Phi) is 10.1. The molecule has 0 aromatic heterocycles. The van der Waals surface area contributed by atoms with Crippen LogP contribution in [0.2, 0.25) is 0 Å². The van der Waals surface area contributed by atoms with Crippen molar-refractivity contribution in [3.8, 4) is 0 Å². The third kappa shape index (κ3) is 10.2. The van der Waals surface area contributed by atoms with Gasteiger partial charge >= 0.3 is 0 Å². The van der Waals surface area contributed by atoms with E-state index in [0.717, 1.165) is 24.5 Å². The first-order valence-electron chi connectivity index (χ1n) is 7.13. The molecule has 0 heterocycles. The molecule has 0 saturated heterocycles. The summed E-state index contributed by atoms with van der Waals surface area (Å²) in [5.74, 6) is 1.39. The summed E-state index contributed by atoms with van der Waals surface area (Å²) in [6, 6.07) is 0. The fourth-order valence-corrected chi connectivity index (χ4v) is 1.55. The lowest BCUT2D eigenvalue weighted by molar-refractivity contribution is 0.531. The molecule has 1 atom stereocenters. The van der Waals surface area contributed by atoms with Crippen LogP contribution in [-0.2, 0) is 0 Å². The fraction of sp³-hybridized carbons (Fsp3) is 0.867. The standard InChI is InChI=1S/C15H30N2/c1-6-14(4)15(5)17-16-12-10-8-7-9-11-13(2)3/h12-14H,6-11H2,1-5H3/b16-12-,17-15-. The van der Waals surface area contributed by atoms with Crippen LogP contribution in [0.15, 0.2) is 10.2 Å². The molecule has 0 aliphatic heterocycles. The molecular weight excluding hydrogens is 208 g/mol. The Morgan fingerprint density at radius 1 is 1.12 bits per heavy atom. The molecule has 2 nitrogen and oxygen atoms in total. The predicted molar refractivity (Wildman–Crippen MR) is 79.0 cm³/mol. The lowest BCUT2D eigenvalue weighted by atomic mass is 10.0. The molecule has 0 bridgehead atoms. The van der Waals surface area contributed by atoms with Crippen molar-refractivity contribution in [3.05, 3.63) is 0 Å². The first-order valence-corrected chi connectivity index (χ1v) is 7.13. The van der Waals surface area contributed by atoms with E-state index in [4.69, 9.17) is 0 Å². The zero-order valence-electron chi connectivity index (χ0n) is 12.4. The van der Waals surface area contributed by atoms with Gasteiger partial charge in [0.25, 0.3) is 0 Å². The first-order chi connectivity index (χ1) is 8.07. The molecule has 0 N–H and O–H groups in total. The van der Waals surface area contributed by atoms with E-state index in [2.05, 4.69) is 44.8 Å². The van der Waals surface area contributed by atoms with Crippen LogP contribution in [0.4, 0.5) is 0 Å². The summed E-state index contributed by atoms with van der Waals surface area (Å²) >= 11 is 0. The van der Waals surface area contributed by atoms with Gasteiger partial charge in [0.1, 0.15) is 0 Å². The zero-order chi connectivity index (χ0) is 13.1. The second kappa shape index (κ2) is 10.5. The van der Waals surface area contributed by atoms with Gasteiger partial charge in [-0.2, -0.15) is 10.2 Å². The number of hydrogen-bond acceptors (Lipinski definition) is 2. The SMILES string of the molecule is CCC(C)/C(C)=N\N=C/CCCCCC(C)C. The predicted octanol–water partition coefficient (Wildman–Crippen LogP) is 5.09. The second-order valence-electron chi connectivity index (χ2n) is 5.38. The van der Waals surface area contributed by atoms with Crippen molar-refractivity contribution < 1.29 is 0 Å². The van der Waals surface area contributed by atoms with Gasteiger partial charge in [-0.25, -0.2) is 0 Å². The molecule has 1 unspecified atom stereocenters. The Hall–Kier alpha value is -0.660. The molecule has 17 heavy (non-hydrogen) atoms. The number of rotatable bonds is 9. The quantitative estimate of drug-likeness (QED) is 0.304. The van der Waals surface area contributed by atoms with Gasteiger partial charge < -0.3 is 0 Å². The van der Waals surface area contributed by atoms with E-state index < -0.39 is 0 Å². The van der Waals surface area contributed by atoms with E-state index in [9.17, 15) is 0 Å². The fourth-order valence-electron chi connectivity index (χ4n) is 1.55. The van der Waals surface area contributed by atoms with Crippen molar-refractivity contribution in [1.29, 1.82) is 0 Å². The van der Waals surface area contributed by atoms with E-state index >= 15 is 0 Å². The van der Waals surface area contributed by atoms with Crippen molar-refractivity contribution in [2.24, 2.45) is 22.0 Å². The van der Waals surface area contributed by atoms with Gasteiger partial charge in [-0.1, -0.05) is 47.0 Å². The molecule has 0 rings (SSSR count). The minimum absolute atomic E-state index is 0.554. The van der Waals surface area contributed by atoms with E-state index in [1.807, 2.05) is 6.21 Å². The molecule has 0 radical (unpaired) electrons. The van der Waals surface area contributed by atoms with Crippen LogP contribution in [0.1, 0.15) is 73.1 Å². The number of nitrogens with zero attached hydrogens (tertiary/aromatic N) is 2. The maximum absolute atomic E-state index is 4.23. The van der Waals surface area contributed by atoms with Crippen LogP contribution in [0.3, 0.4) is 0 Å². The van der Waals surface area contributed by atoms with E-state index in [1.54, 1.807) is 0 Å². The van der Waals surface area contributed by atoms with E-state index in [-0.39, 0.29) is 0 Å². The average Bonchev–Trinajstić information content (AvgIpc) is 2.30. The summed E-state index contributed by atoms with van der Waals surface area (Å²) in [6.07, 6.45) is 9.42. The van der Waals surface area contributed by atoms with Crippen LogP contribution >= 0.6 is 0 Å². The molecule has 0 aromatic carbocycles.